The van der Waals surface area contributed by atoms with Crippen LogP contribution in [0.5, 0.6) is 5.75 Å². The molecule has 1 atom stereocenters. The summed E-state index contributed by atoms with van der Waals surface area (Å²) < 4.78 is 5.16. The molecule has 2 amide bonds. The number of likely N-dealkylation sites (tertiary alicyclic amines) is 1. The van der Waals surface area contributed by atoms with Crippen LogP contribution in [0.25, 0.3) is 0 Å². The van der Waals surface area contributed by atoms with Gasteiger partial charge in [0.05, 0.1) is 13.0 Å². The molecule has 1 aliphatic heterocycles. The molecule has 1 aromatic heterocycles. The van der Waals surface area contributed by atoms with Crippen molar-refractivity contribution in [3.05, 3.63) is 59.9 Å². The molecule has 6 nitrogen and oxygen atoms in total. The zero-order valence-corrected chi connectivity index (χ0v) is 15.6. The van der Waals surface area contributed by atoms with E-state index in [-0.39, 0.29) is 17.7 Å². The summed E-state index contributed by atoms with van der Waals surface area (Å²) in [5.74, 6) is 0.801. The molecule has 142 valence electrons. The van der Waals surface area contributed by atoms with Crippen LogP contribution in [0.2, 0.25) is 0 Å². The number of pyridine rings is 1. The van der Waals surface area contributed by atoms with Gasteiger partial charge in [0.2, 0.25) is 11.8 Å². The summed E-state index contributed by atoms with van der Waals surface area (Å²) in [6.45, 7) is 1.59. The molecule has 6 heteroatoms. The van der Waals surface area contributed by atoms with E-state index in [0.29, 0.717) is 32.5 Å². The predicted octanol–water partition coefficient (Wildman–Crippen LogP) is 2.19. The SMILES string of the molecule is COc1ccc(CCN2C[C@H](C(=O)NCc3ccncc3)CCC2=O)cc1. The Labute approximate surface area is 159 Å². The molecule has 1 fully saturated rings. The van der Waals surface area contributed by atoms with Crippen LogP contribution in [0.15, 0.2) is 48.8 Å². The highest BCUT2D eigenvalue weighted by molar-refractivity contribution is 5.83. The summed E-state index contributed by atoms with van der Waals surface area (Å²) in [6.07, 6.45) is 5.22. The van der Waals surface area contributed by atoms with E-state index in [1.807, 2.05) is 41.3 Å². The highest BCUT2D eigenvalue weighted by atomic mass is 16.5. The first kappa shape index (κ1) is 18.9. The fourth-order valence-electron chi connectivity index (χ4n) is 3.24. The Balaban J connectivity index is 1.50. The Morgan fingerprint density at radius 3 is 2.63 bits per heavy atom. The Morgan fingerprint density at radius 1 is 1.19 bits per heavy atom. The molecule has 0 saturated carbocycles. The lowest BCUT2D eigenvalue weighted by atomic mass is 9.96. The van der Waals surface area contributed by atoms with Crippen molar-refractivity contribution in [2.75, 3.05) is 20.2 Å². The van der Waals surface area contributed by atoms with Crippen LogP contribution in [-0.2, 0) is 22.6 Å². The minimum atomic E-state index is -0.152. The van der Waals surface area contributed by atoms with Gasteiger partial charge in [0.1, 0.15) is 5.75 Å². The van der Waals surface area contributed by atoms with Gasteiger partial charge in [-0.1, -0.05) is 12.1 Å². The second-order valence-corrected chi connectivity index (χ2v) is 6.75. The first-order valence-corrected chi connectivity index (χ1v) is 9.23. The number of nitrogens with one attached hydrogen (secondary N) is 1. The Bertz CT molecular complexity index is 762. The second kappa shape index (κ2) is 9.16. The number of amides is 2. The number of ether oxygens (including phenoxy) is 1. The number of hydrogen-bond donors (Lipinski definition) is 1. The van der Waals surface area contributed by atoms with Gasteiger partial charge in [-0.3, -0.25) is 14.6 Å². The number of benzene rings is 1. The fraction of sp³-hybridized carbons (Fsp3) is 0.381. The van der Waals surface area contributed by atoms with Crippen molar-refractivity contribution >= 4 is 11.8 Å². The Morgan fingerprint density at radius 2 is 1.93 bits per heavy atom. The first-order chi connectivity index (χ1) is 13.2. The molecule has 1 aromatic carbocycles. The third-order valence-corrected chi connectivity index (χ3v) is 4.92. The van der Waals surface area contributed by atoms with E-state index in [1.54, 1.807) is 19.5 Å². The maximum atomic E-state index is 12.5. The average molecular weight is 367 g/mol. The largest absolute Gasteiger partial charge is 0.497 e. The van der Waals surface area contributed by atoms with E-state index < -0.39 is 0 Å². The van der Waals surface area contributed by atoms with Crippen molar-refractivity contribution in [3.63, 3.8) is 0 Å². The van der Waals surface area contributed by atoms with Crippen LogP contribution in [-0.4, -0.2) is 41.9 Å². The van der Waals surface area contributed by atoms with Crippen molar-refractivity contribution in [3.8, 4) is 5.75 Å². The fourth-order valence-corrected chi connectivity index (χ4v) is 3.24. The molecule has 0 radical (unpaired) electrons. The van der Waals surface area contributed by atoms with Crippen LogP contribution >= 0.6 is 0 Å². The first-order valence-electron chi connectivity index (χ1n) is 9.23. The van der Waals surface area contributed by atoms with Crippen LogP contribution in [0.1, 0.15) is 24.0 Å². The van der Waals surface area contributed by atoms with Gasteiger partial charge in [-0.05, 0) is 48.2 Å². The van der Waals surface area contributed by atoms with Gasteiger partial charge < -0.3 is 15.0 Å². The van der Waals surface area contributed by atoms with E-state index in [0.717, 1.165) is 23.3 Å². The highest BCUT2D eigenvalue weighted by Gasteiger charge is 2.29. The third-order valence-electron chi connectivity index (χ3n) is 4.92. The van der Waals surface area contributed by atoms with E-state index in [9.17, 15) is 9.59 Å². The molecular weight excluding hydrogens is 342 g/mol. The smallest absolute Gasteiger partial charge is 0.225 e. The molecule has 2 heterocycles. The van der Waals surface area contributed by atoms with Crippen LogP contribution in [0, 0.1) is 5.92 Å². The van der Waals surface area contributed by atoms with E-state index in [1.165, 1.54) is 0 Å². The second-order valence-electron chi connectivity index (χ2n) is 6.75. The molecule has 0 bridgehead atoms. The third kappa shape index (κ3) is 5.29. The summed E-state index contributed by atoms with van der Waals surface area (Å²) in [5.41, 5.74) is 2.16. The number of hydrogen-bond acceptors (Lipinski definition) is 4. The monoisotopic (exact) mass is 367 g/mol. The molecule has 1 saturated heterocycles. The molecule has 0 unspecified atom stereocenters. The highest BCUT2D eigenvalue weighted by Crippen LogP contribution is 2.19. The Hall–Kier alpha value is -2.89. The summed E-state index contributed by atoms with van der Waals surface area (Å²) in [5, 5.41) is 2.97. The van der Waals surface area contributed by atoms with Gasteiger partial charge in [-0.2, -0.15) is 0 Å². The van der Waals surface area contributed by atoms with Crippen molar-refractivity contribution < 1.29 is 14.3 Å². The molecule has 3 rings (SSSR count). The molecule has 1 aliphatic rings. The summed E-state index contributed by atoms with van der Waals surface area (Å²) in [7, 11) is 1.64. The van der Waals surface area contributed by atoms with Gasteiger partial charge in [-0.25, -0.2) is 0 Å². The van der Waals surface area contributed by atoms with Gasteiger partial charge in [0, 0.05) is 38.4 Å². The number of piperidine rings is 1. The topological polar surface area (TPSA) is 71.5 Å². The van der Waals surface area contributed by atoms with Gasteiger partial charge in [-0.15, -0.1) is 0 Å². The average Bonchev–Trinajstić information content (AvgIpc) is 2.72. The van der Waals surface area contributed by atoms with Crippen molar-refractivity contribution in [2.24, 2.45) is 5.92 Å². The number of carbonyl (C=O) groups is 2. The quantitative estimate of drug-likeness (QED) is 0.814. The van der Waals surface area contributed by atoms with Crippen molar-refractivity contribution in [1.82, 2.24) is 15.2 Å². The number of rotatable bonds is 7. The normalized spacial score (nSPS) is 16.9. The van der Waals surface area contributed by atoms with Gasteiger partial charge in [0.15, 0.2) is 0 Å². The molecular formula is C21H25N3O3. The predicted molar refractivity (Wildman–Crippen MR) is 102 cm³/mol. The van der Waals surface area contributed by atoms with E-state index in [4.69, 9.17) is 4.74 Å². The summed E-state index contributed by atoms with van der Waals surface area (Å²) in [6, 6.07) is 11.6. The molecule has 2 aromatic rings. The molecule has 0 aliphatic carbocycles. The maximum absolute atomic E-state index is 12.5. The lowest BCUT2D eigenvalue weighted by Crippen LogP contribution is -2.46. The van der Waals surface area contributed by atoms with E-state index >= 15 is 0 Å². The van der Waals surface area contributed by atoms with E-state index in [2.05, 4.69) is 10.3 Å². The minimum absolute atomic E-state index is 0.00811. The number of aromatic nitrogens is 1. The van der Waals surface area contributed by atoms with Crippen LogP contribution in [0.3, 0.4) is 0 Å². The van der Waals surface area contributed by atoms with Crippen LogP contribution < -0.4 is 10.1 Å². The van der Waals surface area contributed by atoms with Gasteiger partial charge in [0.25, 0.3) is 0 Å². The Kier molecular flexibility index (Phi) is 6.41. The number of methoxy groups -OCH3 is 1. The number of nitrogens with zero attached hydrogens (tertiary/aromatic N) is 2. The lowest BCUT2D eigenvalue weighted by Gasteiger charge is -2.32. The minimum Gasteiger partial charge on any atom is -0.497 e. The van der Waals surface area contributed by atoms with Crippen molar-refractivity contribution in [2.45, 2.75) is 25.8 Å². The standard InChI is InChI=1S/C21H25N3O3/c1-27-19-5-2-16(3-6-19)10-13-24-15-18(4-7-20(24)25)21(26)23-14-17-8-11-22-12-9-17/h2-3,5-6,8-9,11-12,18H,4,7,10,13-15H2,1H3,(H,23,26)/t18-/m1/s1. The summed E-state index contributed by atoms with van der Waals surface area (Å²) in [4.78, 5) is 30.5. The van der Waals surface area contributed by atoms with Gasteiger partial charge >= 0.3 is 0 Å². The summed E-state index contributed by atoms with van der Waals surface area (Å²) >= 11 is 0. The maximum Gasteiger partial charge on any atom is 0.225 e. The number of carbonyl (C=O) groups excluding carboxylic acids is 2. The molecule has 0 spiro atoms. The zero-order valence-electron chi connectivity index (χ0n) is 15.6. The van der Waals surface area contributed by atoms with Crippen LogP contribution in [0.4, 0.5) is 0 Å². The zero-order chi connectivity index (χ0) is 19.1. The van der Waals surface area contributed by atoms with Crippen molar-refractivity contribution in [1.29, 1.82) is 0 Å². The molecule has 27 heavy (non-hydrogen) atoms. The molecule has 1 N–H and O–H groups in total. The lowest BCUT2D eigenvalue weighted by molar-refractivity contribution is -0.138.